The van der Waals surface area contributed by atoms with Gasteiger partial charge in [0.25, 0.3) is 0 Å². The summed E-state index contributed by atoms with van der Waals surface area (Å²) in [4.78, 5) is 12.5. The van der Waals surface area contributed by atoms with Gasteiger partial charge in [0.2, 0.25) is 5.91 Å². The molecule has 0 saturated carbocycles. The Labute approximate surface area is 471 Å². The molecule has 3 N–H and O–H groups in total. The minimum atomic E-state index is -0.862. The van der Waals surface area contributed by atoms with Gasteiger partial charge in [0, 0.05) is 6.42 Å². The molecule has 0 fully saturated rings. The molecule has 0 rings (SSSR count). The highest BCUT2D eigenvalue weighted by atomic mass is 16.3. The van der Waals surface area contributed by atoms with Crippen molar-refractivity contribution in [3.05, 3.63) is 48.6 Å². The van der Waals surface area contributed by atoms with Crippen LogP contribution in [0.1, 0.15) is 380 Å². The largest absolute Gasteiger partial charge is 0.394 e. The fourth-order valence-corrected chi connectivity index (χ4v) is 10.8. The quantitative estimate of drug-likeness (QED) is 0.0420. The molecule has 0 aliphatic rings. The Balaban J connectivity index is 3.42. The highest BCUT2D eigenvalue weighted by molar-refractivity contribution is 5.76. The van der Waals surface area contributed by atoms with E-state index in [1.165, 1.54) is 321 Å². The van der Waals surface area contributed by atoms with E-state index in [2.05, 4.69) is 55.6 Å². The minimum absolute atomic E-state index is 0.0661. The molecule has 442 valence electrons. The van der Waals surface area contributed by atoms with Crippen LogP contribution >= 0.6 is 0 Å². The van der Waals surface area contributed by atoms with Crippen LogP contribution in [-0.2, 0) is 4.79 Å². The second-order valence-electron chi connectivity index (χ2n) is 23.6. The molecule has 0 aromatic heterocycles. The number of aliphatic hydroxyl groups is 2. The van der Waals surface area contributed by atoms with Crippen molar-refractivity contribution in [3.63, 3.8) is 0 Å². The standard InChI is InChI=1S/C71H135NO3/c1-3-5-7-9-11-13-15-17-19-21-23-25-27-29-30-31-32-33-34-35-36-37-38-39-40-41-42-43-45-47-49-51-53-55-57-59-61-63-65-67-71(75)72-69(68-73)70(74)66-64-62-60-58-56-54-52-50-48-46-44-28-26-24-22-20-18-16-14-12-10-8-6-4-2/h15,17,21,23,56,58,64,66,69-70,73-74H,3-14,16,18-20,22,24-55,57,59-63,65,67-68H2,1-2H3,(H,72,75)/b17-15-,23-21-,58-56+,66-64+. The maximum atomic E-state index is 12.5. The molecule has 2 atom stereocenters. The van der Waals surface area contributed by atoms with E-state index in [1.807, 2.05) is 6.08 Å². The van der Waals surface area contributed by atoms with E-state index in [9.17, 15) is 15.0 Å². The molecule has 0 aliphatic carbocycles. The molecule has 0 saturated heterocycles. The van der Waals surface area contributed by atoms with Crippen LogP contribution in [0.5, 0.6) is 0 Å². The van der Waals surface area contributed by atoms with Crippen molar-refractivity contribution in [1.82, 2.24) is 5.32 Å². The summed E-state index contributed by atoms with van der Waals surface area (Å²) >= 11 is 0. The lowest BCUT2D eigenvalue weighted by atomic mass is 10.0. The Morgan fingerprint density at radius 2 is 0.560 bits per heavy atom. The summed E-state index contributed by atoms with van der Waals surface area (Å²) in [5.41, 5.74) is 0. The Bertz CT molecular complexity index is 1190. The van der Waals surface area contributed by atoms with Crippen molar-refractivity contribution in [3.8, 4) is 0 Å². The molecule has 0 bridgehead atoms. The highest BCUT2D eigenvalue weighted by Gasteiger charge is 2.18. The van der Waals surface area contributed by atoms with E-state index < -0.39 is 12.1 Å². The van der Waals surface area contributed by atoms with Crippen LogP contribution in [0.2, 0.25) is 0 Å². The molecule has 0 radical (unpaired) electrons. The van der Waals surface area contributed by atoms with Crippen LogP contribution < -0.4 is 5.32 Å². The van der Waals surface area contributed by atoms with Crippen molar-refractivity contribution in [2.45, 2.75) is 392 Å². The molecule has 4 nitrogen and oxygen atoms in total. The Hall–Kier alpha value is -1.65. The monoisotopic (exact) mass is 1050 g/mol. The third kappa shape index (κ3) is 63.1. The molecule has 1 amide bonds. The molecule has 0 spiro atoms. The van der Waals surface area contributed by atoms with Crippen LogP contribution in [0.4, 0.5) is 0 Å². The normalized spacial score (nSPS) is 13.0. The summed E-state index contributed by atoms with van der Waals surface area (Å²) in [6.07, 6.45) is 93.5. The summed E-state index contributed by atoms with van der Waals surface area (Å²) < 4.78 is 0. The maximum Gasteiger partial charge on any atom is 0.220 e. The van der Waals surface area contributed by atoms with Gasteiger partial charge < -0.3 is 15.5 Å². The van der Waals surface area contributed by atoms with Gasteiger partial charge in [-0.15, -0.1) is 0 Å². The summed E-state index contributed by atoms with van der Waals surface area (Å²) in [7, 11) is 0. The number of carbonyl (C=O) groups excluding carboxylic acids is 1. The lowest BCUT2D eigenvalue weighted by Crippen LogP contribution is -2.45. The van der Waals surface area contributed by atoms with Gasteiger partial charge in [0.1, 0.15) is 0 Å². The average Bonchev–Trinajstić information content (AvgIpc) is 3.41. The van der Waals surface area contributed by atoms with Gasteiger partial charge >= 0.3 is 0 Å². The van der Waals surface area contributed by atoms with E-state index in [0.29, 0.717) is 6.42 Å². The number of nitrogens with one attached hydrogen (secondary N) is 1. The summed E-state index contributed by atoms with van der Waals surface area (Å²) in [5.74, 6) is -0.0661. The topological polar surface area (TPSA) is 69.6 Å². The van der Waals surface area contributed by atoms with Crippen molar-refractivity contribution < 1.29 is 15.0 Å². The third-order valence-corrected chi connectivity index (χ3v) is 16.0. The number of aliphatic hydroxyl groups excluding tert-OH is 2. The van der Waals surface area contributed by atoms with Crippen LogP contribution in [0.25, 0.3) is 0 Å². The molecule has 75 heavy (non-hydrogen) atoms. The van der Waals surface area contributed by atoms with Crippen LogP contribution in [0, 0.1) is 0 Å². The molecule has 4 heteroatoms. The number of unbranched alkanes of at least 4 members (excludes halogenated alkanes) is 51. The number of allylic oxidation sites excluding steroid dienone is 7. The van der Waals surface area contributed by atoms with Gasteiger partial charge in [-0.3, -0.25) is 4.79 Å². The van der Waals surface area contributed by atoms with Crippen LogP contribution in [0.3, 0.4) is 0 Å². The fraction of sp³-hybridized carbons (Fsp3) is 0.873. The zero-order chi connectivity index (χ0) is 54.1. The molecule has 0 aromatic carbocycles. The smallest absolute Gasteiger partial charge is 0.220 e. The summed E-state index contributed by atoms with van der Waals surface area (Å²) in [6, 6.07) is -0.639. The summed E-state index contributed by atoms with van der Waals surface area (Å²) in [5, 5.41) is 23.2. The van der Waals surface area contributed by atoms with Gasteiger partial charge in [-0.1, -0.05) is 358 Å². The predicted molar refractivity (Wildman–Crippen MR) is 336 cm³/mol. The van der Waals surface area contributed by atoms with E-state index in [0.717, 1.165) is 38.5 Å². The lowest BCUT2D eigenvalue weighted by Gasteiger charge is -2.19. The molecular formula is C71H135NO3. The zero-order valence-electron chi connectivity index (χ0n) is 51.1. The maximum absolute atomic E-state index is 12.5. The first-order valence-electron chi connectivity index (χ1n) is 34.4. The molecule has 2 unspecified atom stereocenters. The summed E-state index contributed by atoms with van der Waals surface area (Å²) in [6.45, 7) is 4.33. The average molecular weight is 1050 g/mol. The number of hydrogen-bond donors (Lipinski definition) is 3. The molecular weight excluding hydrogens is 915 g/mol. The van der Waals surface area contributed by atoms with Gasteiger partial charge in [-0.25, -0.2) is 0 Å². The number of rotatable bonds is 64. The Morgan fingerprint density at radius 3 is 0.853 bits per heavy atom. The fourth-order valence-electron chi connectivity index (χ4n) is 10.8. The minimum Gasteiger partial charge on any atom is -0.394 e. The first-order valence-corrected chi connectivity index (χ1v) is 34.4. The van der Waals surface area contributed by atoms with Gasteiger partial charge in [-0.2, -0.15) is 0 Å². The SMILES string of the molecule is CCCCCCC/C=C\C/C=C\CCCCCCCCCCCCCCCCCCCCCCCCCCCCCC(=O)NC(CO)C(O)/C=C/CC/C=C/CCCCCCCCCCCCCCCCCCCC. The third-order valence-electron chi connectivity index (χ3n) is 16.0. The van der Waals surface area contributed by atoms with Gasteiger partial charge in [0.15, 0.2) is 0 Å². The van der Waals surface area contributed by atoms with E-state index in [4.69, 9.17) is 0 Å². The van der Waals surface area contributed by atoms with Gasteiger partial charge in [0.05, 0.1) is 18.8 Å². The van der Waals surface area contributed by atoms with E-state index in [1.54, 1.807) is 6.08 Å². The van der Waals surface area contributed by atoms with Crippen molar-refractivity contribution in [2.75, 3.05) is 6.61 Å². The molecule has 0 heterocycles. The second-order valence-corrected chi connectivity index (χ2v) is 23.6. The van der Waals surface area contributed by atoms with Crippen LogP contribution in [0.15, 0.2) is 48.6 Å². The van der Waals surface area contributed by atoms with Crippen molar-refractivity contribution >= 4 is 5.91 Å². The molecule has 0 aliphatic heterocycles. The number of amides is 1. The molecule has 0 aromatic rings. The predicted octanol–water partition coefficient (Wildman–Crippen LogP) is 23.3. The highest BCUT2D eigenvalue weighted by Crippen LogP contribution is 2.19. The second kappa shape index (κ2) is 66.6. The first kappa shape index (κ1) is 73.3. The van der Waals surface area contributed by atoms with Crippen molar-refractivity contribution in [1.29, 1.82) is 0 Å². The van der Waals surface area contributed by atoms with Crippen LogP contribution in [-0.4, -0.2) is 34.9 Å². The number of carbonyl (C=O) groups is 1. The Kier molecular flexibility index (Phi) is 65.2. The zero-order valence-corrected chi connectivity index (χ0v) is 51.1. The Morgan fingerprint density at radius 1 is 0.320 bits per heavy atom. The number of hydrogen-bond acceptors (Lipinski definition) is 3. The van der Waals surface area contributed by atoms with E-state index >= 15 is 0 Å². The van der Waals surface area contributed by atoms with E-state index in [-0.39, 0.29) is 12.5 Å². The van der Waals surface area contributed by atoms with Gasteiger partial charge in [-0.05, 0) is 64.2 Å². The first-order chi connectivity index (χ1) is 37.2. The van der Waals surface area contributed by atoms with Crippen molar-refractivity contribution in [2.24, 2.45) is 0 Å². The lowest BCUT2D eigenvalue weighted by molar-refractivity contribution is -0.123.